The lowest BCUT2D eigenvalue weighted by Crippen LogP contribution is -2.46. The van der Waals surface area contributed by atoms with Gasteiger partial charge in [0, 0.05) is 5.56 Å². The topological polar surface area (TPSA) is 84.5 Å². The fourth-order valence-corrected chi connectivity index (χ4v) is 3.24. The molecule has 6 heteroatoms. The zero-order valence-electron chi connectivity index (χ0n) is 15.9. The molecule has 0 aliphatic heterocycles. The first kappa shape index (κ1) is 19.6. The summed E-state index contributed by atoms with van der Waals surface area (Å²) in [4.78, 5) is 36.1. The summed E-state index contributed by atoms with van der Waals surface area (Å²) in [6.45, 7) is 1.47. The Labute approximate surface area is 164 Å². The Morgan fingerprint density at radius 2 is 1.68 bits per heavy atom. The minimum atomic E-state index is -1.01. The molecule has 0 radical (unpaired) electrons. The van der Waals surface area contributed by atoms with E-state index in [0.29, 0.717) is 5.56 Å². The summed E-state index contributed by atoms with van der Waals surface area (Å²) in [6, 6.07) is 14.6. The van der Waals surface area contributed by atoms with E-state index in [2.05, 4.69) is 23.0 Å². The van der Waals surface area contributed by atoms with Crippen molar-refractivity contribution in [1.82, 2.24) is 10.9 Å². The lowest BCUT2D eigenvalue weighted by molar-refractivity contribution is -0.154. The predicted molar refractivity (Wildman–Crippen MR) is 104 cm³/mol. The van der Waals surface area contributed by atoms with E-state index in [-0.39, 0.29) is 6.42 Å². The highest BCUT2D eigenvalue weighted by Crippen LogP contribution is 2.22. The van der Waals surface area contributed by atoms with Crippen LogP contribution >= 0.6 is 0 Å². The van der Waals surface area contributed by atoms with Crippen LogP contribution < -0.4 is 10.9 Å². The maximum atomic E-state index is 12.2. The number of hydrogen-bond acceptors (Lipinski definition) is 4. The molecule has 146 valence electrons. The standard InChI is InChI=1S/C22H24N2O4/c1-15(21(26)23-24-22(27)18-8-3-2-4-9-18)28-20(25)14-16-11-12-17-7-5-6-10-19(17)13-16/h2-4,8-9,11-13,15H,5-7,10,14H2,1H3,(H,23,26)(H,24,27)/t15-/m1/s1. The average Bonchev–Trinajstić information content (AvgIpc) is 2.72. The molecule has 2 aromatic carbocycles. The molecular weight excluding hydrogens is 356 g/mol. The van der Waals surface area contributed by atoms with Crippen molar-refractivity contribution in [2.24, 2.45) is 0 Å². The van der Waals surface area contributed by atoms with E-state index >= 15 is 0 Å². The summed E-state index contributed by atoms with van der Waals surface area (Å²) in [5.74, 6) is -1.52. The van der Waals surface area contributed by atoms with E-state index in [1.165, 1.54) is 30.9 Å². The van der Waals surface area contributed by atoms with Gasteiger partial charge in [0.2, 0.25) is 0 Å². The molecule has 1 atom stereocenters. The number of ether oxygens (including phenoxy) is 1. The summed E-state index contributed by atoms with van der Waals surface area (Å²) < 4.78 is 5.20. The minimum absolute atomic E-state index is 0.112. The number of fused-ring (bicyclic) bond motifs is 1. The van der Waals surface area contributed by atoms with Crippen molar-refractivity contribution in [3.8, 4) is 0 Å². The third kappa shape index (κ3) is 5.19. The first-order chi connectivity index (χ1) is 13.5. The molecule has 0 saturated heterocycles. The lowest BCUT2D eigenvalue weighted by Gasteiger charge is -2.17. The molecule has 0 bridgehead atoms. The summed E-state index contributed by atoms with van der Waals surface area (Å²) >= 11 is 0. The summed E-state index contributed by atoms with van der Waals surface area (Å²) in [5, 5.41) is 0. The number of rotatable bonds is 5. The third-order valence-corrected chi connectivity index (χ3v) is 4.77. The number of hydrazine groups is 1. The maximum absolute atomic E-state index is 12.2. The Morgan fingerprint density at radius 1 is 0.964 bits per heavy atom. The van der Waals surface area contributed by atoms with E-state index in [9.17, 15) is 14.4 Å². The molecule has 0 heterocycles. The Kier molecular flexibility index (Phi) is 6.42. The third-order valence-electron chi connectivity index (χ3n) is 4.77. The first-order valence-electron chi connectivity index (χ1n) is 9.48. The van der Waals surface area contributed by atoms with Crippen LogP contribution in [0, 0.1) is 0 Å². The molecule has 1 aliphatic carbocycles. The number of nitrogens with one attached hydrogen (secondary N) is 2. The van der Waals surface area contributed by atoms with E-state index < -0.39 is 23.9 Å². The Hall–Kier alpha value is -3.15. The quantitative estimate of drug-likeness (QED) is 0.617. The molecule has 2 N–H and O–H groups in total. The molecule has 2 amide bonds. The van der Waals surface area contributed by atoms with Gasteiger partial charge in [-0.3, -0.25) is 25.2 Å². The van der Waals surface area contributed by atoms with Gasteiger partial charge < -0.3 is 4.74 Å². The Balaban J connectivity index is 1.47. The van der Waals surface area contributed by atoms with Gasteiger partial charge in [-0.2, -0.15) is 0 Å². The highest BCUT2D eigenvalue weighted by Gasteiger charge is 2.19. The van der Waals surface area contributed by atoms with Crippen molar-refractivity contribution in [1.29, 1.82) is 0 Å². The minimum Gasteiger partial charge on any atom is -0.452 e. The highest BCUT2D eigenvalue weighted by atomic mass is 16.5. The molecule has 0 spiro atoms. The van der Waals surface area contributed by atoms with Crippen molar-refractivity contribution in [2.75, 3.05) is 0 Å². The van der Waals surface area contributed by atoms with Gasteiger partial charge >= 0.3 is 5.97 Å². The molecular formula is C22H24N2O4. The lowest BCUT2D eigenvalue weighted by atomic mass is 9.90. The average molecular weight is 380 g/mol. The molecule has 28 heavy (non-hydrogen) atoms. The Bertz CT molecular complexity index is 864. The number of hydrogen-bond donors (Lipinski definition) is 2. The van der Waals surface area contributed by atoms with Crippen molar-refractivity contribution in [3.05, 3.63) is 70.8 Å². The van der Waals surface area contributed by atoms with E-state index in [0.717, 1.165) is 18.4 Å². The summed E-state index contributed by atoms with van der Waals surface area (Å²) in [5.41, 5.74) is 8.53. The number of benzene rings is 2. The van der Waals surface area contributed by atoms with Gasteiger partial charge in [-0.25, -0.2) is 0 Å². The number of carbonyl (C=O) groups is 3. The molecule has 1 aliphatic rings. The predicted octanol–water partition coefficient (Wildman–Crippen LogP) is 2.50. The maximum Gasteiger partial charge on any atom is 0.311 e. The number of amides is 2. The van der Waals surface area contributed by atoms with Gasteiger partial charge in [-0.15, -0.1) is 0 Å². The van der Waals surface area contributed by atoms with Crippen LogP contribution in [0.3, 0.4) is 0 Å². The molecule has 6 nitrogen and oxygen atoms in total. The molecule has 3 rings (SSSR count). The first-order valence-corrected chi connectivity index (χ1v) is 9.48. The number of carbonyl (C=O) groups excluding carboxylic acids is 3. The second-order valence-electron chi connectivity index (χ2n) is 6.93. The van der Waals surface area contributed by atoms with E-state index in [4.69, 9.17) is 4.74 Å². The van der Waals surface area contributed by atoms with E-state index in [1.807, 2.05) is 6.07 Å². The zero-order chi connectivity index (χ0) is 19.9. The molecule has 0 aromatic heterocycles. The van der Waals surface area contributed by atoms with Crippen LogP contribution in [0.25, 0.3) is 0 Å². The van der Waals surface area contributed by atoms with Crippen LogP contribution in [0.2, 0.25) is 0 Å². The largest absolute Gasteiger partial charge is 0.452 e. The van der Waals surface area contributed by atoms with E-state index in [1.54, 1.807) is 30.3 Å². The van der Waals surface area contributed by atoms with Crippen LogP contribution in [0.1, 0.15) is 46.8 Å². The van der Waals surface area contributed by atoms with Gasteiger partial charge in [0.05, 0.1) is 6.42 Å². The fraction of sp³-hybridized carbons (Fsp3) is 0.318. The summed E-state index contributed by atoms with van der Waals surface area (Å²) in [6.07, 6.45) is 3.61. The molecule has 0 saturated carbocycles. The number of aryl methyl sites for hydroxylation is 2. The highest BCUT2D eigenvalue weighted by molar-refractivity contribution is 5.95. The normalized spacial score (nSPS) is 13.8. The smallest absolute Gasteiger partial charge is 0.311 e. The molecule has 0 fully saturated rings. The van der Waals surface area contributed by atoms with Gasteiger partial charge in [-0.05, 0) is 61.4 Å². The van der Waals surface area contributed by atoms with Crippen molar-refractivity contribution in [3.63, 3.8) is 0 Å². The molecule has 0 unspecified atom stereocenters. The van der Waals surface area contributed by atoms with Crippen LogP contribution in [-0.2, 0) is 33.6 Å². The van der Waals surface area contributed by atoms with Gasteiger partial charge in [0.25, 0.3) is 11.8 Å². The van der Waals surface area contributed by atoms with Crippen LogP contribution in [0.4, 0.5) is 0 Å². The van der Waals surface area contributed by atoms with Crippen LogP contribution in [0.15, 0.2) is 48.5 Å². The van der Waals surface area contributed by atoms with Gasteiger partial charge in [0.1, 0.15) is 0 Å². The van der Waals surface area contributed by atoms with Crippen LogP contribution in [0.5, 0.6) is 0 Å². The zero-order valence-corrected chi connectivity index (χ0v) is 15.9. The van der Waals surface area contributed by atoms with Crippen molar-refractivity contribution < 1.29 is 19.1 Å². The Morgan fingerprint density at radius 3 is 2.43 bits per heavy atom. The molecule has 2 aromatic rings. The SMILES string of the molecule is C[C@@H](OC(=O)Cc1ccc2c(c1)CCCC2)C(=O)NNC(=O)c1ccccc1. The monoisotopic (exact) mass is 380 g/mol. The van der Waals surface area contributed by atoms with Gasteiger partial charge in [-0.1, -0.05) is 36.4 Å². The van der Waals surface area contributed by atoms with Gasteiger partial charge in [0.15, 0.2) is 6.10 Å². The number of esters is 1. The van der Waals surface area contributed by atoms with Crippen molar-refractivity contribution >= 4 is 17.8 Å². The second-order valence-corrected chi connectivity index (χ2v) is 6.93. The second kappa shape index (κ2) is 9.17. The fourth-order valence-electron chi connectivity index (χ4n) is 3.24. The summed E-state index contributed by atoms with van der Waals surface area (Å²) in [7, 11) is 0. The van der Waals surface area contributed by atoms with Crippen molar-refractivity contribution in [2.45, 2.75) is 45.1 Å². The van der Waals surface area contributed by atoms with Crippen LogP contribution in [-0.4, -0.2) is 23.9 Å².